The minimum absolute atomic E-state index is 0.00597. The minimum atomic E-state index is -0.763. The summed E-state index contributed by atoms with van der Waals surface area (Å²) in [6.07, 6.45) is -0.898. The number of carbonyl (C=O) groups is 1. The molecule has 2 saturated heterocycles. The summed E-state index contributed by atoms with van der Waals surface area (Å²) in [5, 5.41) is 18.8. The first-order chi connectivity index (χ1) is 5.61. The van der Waals surface area contributed by atoms with Gasteiger partial charge in [0.1, 0.15) is 0 Å². The molecule has 4 nitrogen and oxygen atoms in total. The molecule has 68 valence electrons. The van der Waals surface area contributed by atoms with Crippen LogP contribution in [0.2, 0.25) is 0 Å². The molecule has 2 heterocycles. The first-order valence-electron chi connectivity index (χ1n) is 4.27. The lowest BCUT2D eigenvalue weighted by atomic mass is 9.79. The van der Waals surface area contributed by atoms with E-state index in [1.807, 2.05) is 6.92 Å². The van der Waals surface area contributed by atoms with Gasteiger partial charge in [-0.3, -0.25) is 4.79 Å². The number of hydrogen-bond donors (Lipinski definition) is 2. The lowest BCUT2D eigenvalue weighted by molar-refractivity contribution is -0.170. The fourth-order valence-corrected chi connectivity index (χ4v) is 2.07. The van der Waals surface area contributed by atoms with Crippen LogP contribution in [0.25, 0.3) is 0 Å². The van der Waals surface area contributed by atoms with Gasteiger partial charge in [0, 0.05) is 24.9 Å². The Kier molecular flexibility index (Phi) is 1.63. The van der Waals surface area contributed by atoms with E-state index in [2.05, 4.69) is 0 Å². The summed E-state index contributed by atoms with van der Waals surface area (Å²) < 4.78 is 0. The predicted octanol–water partition coefficient (Wildman–Crippen LogP) is -1.04. The molecular weight excluding hydrogens is 158 g/mol. The number of β-lactam (4-membered cyclic amide) rings is 1. The van der Waals surface area contributed by atoms with Crippen LogP contribution in [0.15, 0.2) is 0 Å². The zero-order valence-electron chi connectivity index (χ0n) is 6.97. The van der Waals surface area contributed by atoms with Crippen molar-refractivity contribution in [3.05, 3.63) is 0 Å². The van der Waals surface area contributed by atoms with Gasteiger partial charge in [0.15, 0.2) is 0 Å². The summed E-state index contributed by atoms with van der Waals surface area (Å²) in [4.78, 5) is 12.7. The highest BCUT2D eigenvalue weighted by atomic mass is 16.3. The van der Waals surface area contributed by atoms with Crippen LogP contribution in [-0.4, -0.2) is 45.8 Å². The van der Waals surface area contributed by atoms with Crippen LogP contribution in [0.5, 0.6) is 0 Å². The van der Waals surface area contributed by atoms with E-state index in [0.717, 1.165) is 0 Å². The molecular formula is C8H13NO3. The largest absolute Gasteiger partial charge is 0.390 e. The summed E-state index contributed by atoms with van der Waals surface area (Å²) in [7, 11) is 0. The quantitative estimate of drug-likeness (QED) is 0.458. The number of amides is 1. The zero-order chi connectivity index (χ0) is 8.88. The number of aliphatic hydroxyl groups excluding tert-OH is 2. The molecule has 2 aliphatic rings. The average Bonchev–Trinajstić information content (AvgIpc) is 2.05. The van der Waals surface area contributed by atoms with Crippen molar-refractivity contribution in [3.63, 3.8) is 0 Å². The molecule has 0 radical (unpaired) electrons. The molecule has 0 aromatic carbocycles. The topological polar surface area (TPSA) is 60.8 Å². The summed E-state index contributed by atoms with van der Waals surface area (Å²) in [5.74, 6) is 0.101. The number of carbonyl (C=O) groups excluding carboxylic acids is 1. The molecule has 0 spiro atoms. The molecule has 0 aliphatic carbocycles. The standard InChI is InChI=1S/C8H13NO3/c1-4-5-2-7(11)9(5)3-6(10)8(4)12/h4-6,8,10,12H,2-3H2,1H3. The third-order valence-electron chi connectivity index (χ3n) is 3.03. The Hall–Kier alpha value is -0.610. The first-order valence-corrected chi connectivity index (χ1v) is 4.27. The van der Waals surface area contributed by atoms with Crippen molar-refractivity contribution in [1.29, 1.82) is 0 Å². The van der Waals surface area contributed by atoms with E-state index in [-0.39, 0.29) is 17.9 Å². The normalized spacial score (nSPS) is 46.9. The third-order valence-corrected chi connectivity index (χ3v) is 3.03. The zero-order valence-corrected chi connectivity index (χ0v) is 6.97. The highest BCUT2D eigenvalue weighted by Crippen LogP contribution is 2.33. The highest BCUT2D eigenvalue weighted by molar-refractivity contribution is 5.83. The van der Waals surface area contributed by atoms with Crippen LogP contribution >= 0.6 is 0 Å². The third kappa shape index (κ3) is 0.881. The Morgan fingerprint density at radius 2 is 2.17 bits per heavy atom. The maximum Gasteiger partial charge on any atom is 0.225 e. The van der Waals surface area contributed by atoms with Crippen LogP contribution in [0.1, 0.15) is 13.3 Å². The van der Waals surface area contributed by atoms with E-state index >= 15 is 0 Å². The summed E-state index contributed by atoms with van der Waals surface area (Å²) in [6, 6.07) is 0.163. The van der Waals surface area contributed by atoms with Gasteiger partial charge in [0.2, 0.25) is 5.91 Å². The van der Waals surface area contributed by atoms with Crippen molar-refractivity contribution >= 4 is 5.91 Å². The van der Waals surface area contributed by atoms with Gasteiger partial charge in [0.25, 0.3) is 0 Å². The Bertz CT molecular complexity index is 218. The lowest BCUT2D eigenvalue weighted by Crippen LogP contribution is -2.66. The van der Waals surface area contributed by atoms with Gasteiger partial charge in [-0.2, -0.15) is 0 Å². The molecule has 0 aromatic rings. The Labute approximate surface area is 70.8 Å². The second-order valence-corrected chi connectivity index (χ2v) is 3.73. The smallest absolute Gasteiger partial charge is 0.225 e. The Morgan fingerprint density at radius 3 is 2.75 bits per heavy atom. The number of rotatable bonds is 0. The summed E-state index contributed by atoms with van der Waals surface area (Å²) in [5.41, 5.74) is 0. The predicted molar refractivity (Wildman–Crippen MR) is 41.3 cm³/mol. The second-order valence-electron chi connectivity index (χ2n) is 3.73. The first kappa shape index (κ1) is 8.01. The maximum atomic E-state index is 11.0. The molecule has 2 aliphatic heterocycles. The van der Waals surface area contributed by atoms with E-state index in [4.69, 9.17) is 0 Å². The van der Waals surface area contributed by atoms with E-state index in [1.165, 1.54) is 0 Å². The van der Waals surface area contributed by atoms with Crippen LogP contribution in [0.3, 0.4) is 0 Å². The second kappa shape index (κ2) is 2.44. The van der Waals surface area contributed by atoms with Crippen molar-refractivity contribution in [2.24, 2.45) is 5.92 Å². The van der Waals surface area contributed by atoms with Crippen molar-refractivity contribution in [2.45, 2.75) is 31.6 Å². The van der Waals surface area contributed by atoms with Crippen molar-refractivity contribution in [2.75, 3.05) is 6.54 Å². The monoisotopic (exact) mass is 171 g/mol. The van der Waals surface area contributed by atoms with Gasteiger partial charge in [-0.15, -0.1) is 0 Å². The molecule has 0 aromatic heterocycles. The number of piperidine rings is 1. The number of nitrogens with zero attached hydrogens (tertiary/aromatic N) is 1. The molecule has 4 heteroatoms. The molecule has 2 fully saturated rings. The van der Waals surface area contributed by atoms with Gasteiger partial charge in [-0.1, -0.05) is 6.92 Å². The van der Waals surface area contributed by atoms with Crippen LogP contribution in [0, 0.1) is 5.92 Å². The van der Waals surface area contributed by atoms with E-state index < -0.39 is 12.2 Å². The molecule has 0 bridgehead atoms. The number of fused-ring (bicyclic) bond motifs is 1. The van der Waals surface area contributed by atoms with Gasteiger partial charge < -0.3 is 15.1 Å². The molecule has 1 amide bonds. The molecule has 12 heavy (non-hydrogen) atoms. The van der Waals surface area contributed by atoms with E-state index in [9.17, 15) is 15.0 Å². The van der Waals surface area contributed by atoms with Crippen molar-refractivity contribution in [3.8, 4) is 0 Å². The number of aliphatic hydroxyl groups is 2. The molecule has 4 unspecified atom stereocenters. The number of hydrogen-bond acceptors (Lipinski definition) is 3. The van der Waals surface area contributed by atoms with Gasteiger partial charge >= 0.3 is 0 Å². The lowest BCUT2D eigenvalue weighted by Gasteiger charge is -2.51. The van der Waals surface area contributed by atoms with Crippen LogP contribution < -0.4 is 0 Å². The average molecular weight is 171 g/mol. The van der Waals surface area contributed by atoms with Crippen molar-refractivity contribution < 1.29 is 15.0 Å². The fraction of sp³-hybridized carbons (Fsp3) is 0.875. The van der Waals surface area contributed by atoms with Gasteiger partial charge in [-0.05, 0) is 0 Å². The van der Waals surface area contributed by atoms with Crippen LogP contribution in [-0.2, 0) is 4.79 Å². The van der Waals surface area contributed by atoms with Crippen LogP contribution in [0.4, 0.5) is 0 Å². The molecule has 4 atom stereocenters. The van der Waals surface area contributed by atoms with E-state index in [1.54, 1.807) is 4.90 Å². The Morgan fingerprint density at radius 1 is 1.50 bits per heavy atom. The fourth-order valence-electron chi connectivity index (χ4n) is 2.07. The Balaban J connectivity index is 2.12. The molecule has 2 N–H and O–H groups in total. The molecule has 2 rings (SSSR count). The highest BCUT2D eigenvalue weighted by Gasteiger charge is 2.48. The van der Waals surface area contributed by atoms with Crippen molar-refractivity contribution in [1.82, 2.24) is 4.90 Å². The van der Waals surface area contributed by atoms with E-state index in [0.29, 0.717) is 13.0 Å². The molecule has 0 saturated carbocycles. The minimum Gasteiger partial charge on any atom is -0.390 e. The maximum absolute atomic E-state index is 11.0. The SMILES string of the molecule is CC1C(O)C(O)CN2C(=O)CC12. The van der Waals surface area contributed by atoms with Gasteiger partial charge in [-0.25, -0.2) is 0 Å². The van der Waals surface area contributed by atoms with Gasteiger partial charge in [0.05, 0.1) is 12.2 Å². The summed E-state index contributed by atoms with van der Waals surface area (Å²) >= 11 is 0. The summed E-state index contributed by atoms with van der Waals surface area (Å²) in [6.45, 7) is 2.17.